The van der Waals surface area contributed by atoms with E-state index in [0.29, 0.717) is 0 Å². The van der Waals surface area contributed by atoms with E-state index in [9.17, 15) is 9.59 Å². The highest BCUT2D eigenvalue weighted by molar-refractivity contribution is 5.87. The first-order valence-electron chi connectivity index (χ1n) is 3.73. The number of cyclic esters (lactones) is 2. The largest absolute Gasteiger partial charge is 0.508 e. The second-order valence-corrected chi connectivity index (χ2v) is 2.60. The van der Waals surface area contributed by atoms with Gasteiger partial charge in [-0.15, -0.1) is 0 Å². The summed E-state index contributed by atoms with van der Waals surface area (Å²) in [6.45, 7) is 3.65. The molecular weight excluding hydrogens is 176 g/mol. The van der Waals surface area contributed by atoms with Crippen LogP contribution in [0.4, 0.5) is 4.79 Å². The maximum atomic E-state index is 10.9. The summed E-state index contributed by atoms with van der Waals surface area (Å²) in [6.07, 6.45) is -0.875. The predicted molar refractivity (Wildman–Crippen MR) is 42.0 cm³/mol. The van der Waals surface area contributed by atoms with E-state index in [4.69, 9.17) is 4.74 Å². The Kier molecular flexibility index (Phi) is 2.89. The molecule has 0 aliphatic carbocycles. The minimum absolute atomic E-state index is 0.162. The van der Waals surface area contributed by atoms with Crippen molar-refractivity contribution in [2.75, 3.05) is 13.7 Å². The van der Waals surface area contributed by atoms with E-state index in [1.807, 2.05) is 0 Å². The molecule has 1 aliphatic heterocycles. The highest BCUT2D eigenvalue weighted by Crippen LogP contribution is 2.14. The molecule has 0 aromatic heterocycles. The highest BCUT2D eigenvalue weighted by atomic mass is 16.8. The van der Waals surface area contributed by atoms with Crippen LogP contribution in [-0.2, 0) is 19.0 Å². The number of carbonyl (C=O) groups is 2. The Labute approximate surface area is 75.3 Å². The van der Waals surface area contributed by atoms with Crippen molar-refractivity contribution in [1.29, 1.82) is 0 Å². The number of hydrogen-bond donors (Lipinski definition) is 0. The summed E-state index contributed by atoms with van der Waals surface area (Å²) in [5.74, 6) is -0.497. The number of methoxy groups -OCH3 is 1. The Hall–Kier alpha value is -1.52. The third-order valence-electron chi connectivity index (χ3n) is 1.60. The molecule has 0 spiro atoms. The second kappa shape index (κ2) is 3.93. The van der Waals surface area contributed by atoms with Gasteiger partial charge in [0, 0.05) is 12.0 Å². The van der Waals surface area contributed by atoms with Crippen LogP contribution in [0.3, 0.4) is 0 Å². The van der Waals surface area contributed by atoms with E-state index in [-0.39, 0.29) is 18.6 Å². The first-order chi connectivity index (χ1) is 6.13. The molecule has 1 fully saturated rings. The van der Waals surface area contributed by atoms with Gasteiger partial charge in [0.2, 0.25) is 0 Å². The van der Waals surface area contributed by atoms with Crippen LogP contribution in [-0.4, -0.2) is 31.9 Å². The molecule has 0 bridgehead atoms. The molecular formula is C8H10O5. The third-order valence-corrected chi connectivity index (χ3v) is 1.60. The van der Waals surface area contributed by atoms with E-state index in [2.05, 4.69) is 16.1 Å². The lowest BCUT2D eigenvalue weighted by Gasteiger charge is -2.06. The van der Waals surface area contributed by atoms with Gasteiger partial charge in [-0.3, -0.25) is 0 Å². The van der Waals surface area contributed by atoms with Gasteiger partial charge in [0.25, 0.3) is 0 Å². The number of esters is 1. The number of hydrogen-bond acceptors (Lipinski definition) is 5. The van der Waals surface area contributed by atoms with Crippen molar-refractivity contribution in [1.82, 2.24) is 0 Å². The van der Waals surface area contributed by atoms with Gasteiger partial charge in [-0.2, -0.15) is 0 Å². The van der Waals surface area contributed by atoms with Crippen molar-refractivity contribution in [2.45, 2.75) is 12.5 Å². The summed E-state index contributed by atoms with van der Waals surface area (Å²) < 4.78 is 13.7. The normalized spacial score (nSPS) is 20.4. The average Bonchev–Trinajstić information content (AvgIpc) is 2.49. The quantitative estimate of drug-likeness (QED) is 0.478. The van der Waals surface area contributed by atoms with Crippen LogP contribution in [0.5, 0.6) is 0 Å². The zero-order valence-corrected chi connectivity index (χ0v) is 7.24. The molecule has 1 aliphatic rings. The Morgan fingerprint density at radius 2 is 2.46 bits per heavy atom. The molecule has 0 aromatic rings. The van der Waals surface area contributed by atoms with Crippen molar-refractivity contribution in [3.63, 3.8) is 0 Å². The Balaban J connectivity index is 2.37. The maximum Gasteiger partial charge on any atom is 0.508 e. The summed E-state index contributed by atoms with van der Waals surface area (Å²) in [4.78, 5) is 21.4. The van der Waals surface area contributed by atoms with Crippen LogP contribution >= 0.6 is 0 Å². The van der Waals surface area contributed by atoms with Gasteiger partial charge in [0.05, 0.1) is 7.11 Å². The van der Waals surface area contributed by atoms with Gasteiger partial charge in [-0.05, 0) is 0 Å². The Morgan fingerprint density at radius 1 is 1.77 bits per heavy atom. The fourth-order valence-electron chi connectivity index (χ4n) is 0.968. The molecule has 13 heavy (non-hydrogen) atoms. The summed E-state index contributed by atoms with van der Waals surface area (Å²) >= 11 is 0. The lowest BCUT2D eigenvalue weighted by molar-refractivity contribution is -0.136. The predicted octanol–water partition coefficient (Wildman–Crippen LogP) is 0.641. The van der Waals surface area contributed by atoms with Gasteiger partial charge in [0.15, 0.2) is 0 Å². The lowest BCUT2D eigenvalue weighted by Crippen LogP contribution is -2.15. The molecule has 0 saturated carbocycles. The SMILES string of the molecule is C=C(CC1COC(=O)O1)C(=O)OC. The van der Waals surface area contributed by atoms with Crippen molar-refractivity contribution in [3.8, 4) is 0 Å². The molecule has 0 N–H and O–H groups in total. The Bertz CT molecular complexity index is 245. The van der Waals surface area contributed by atoms with Gasteiger partial charge in [-0.25, -0.2) is 9.59 Å². The minimum Gasteiger partial charge on any atom is -0.466 e. The third kappa shape index (κ3) is 2.47. The smallest absolute Gasteiger partial charge is 0.466 e. The van der Waals surface area contributed by atoms with Crippen molar-refractivity contribution >= 4 is 12.1 Å². The van der Waals surface area contributed by atoms with E-state index in [1.165, 1.54) is 7.11 Å². The molecule has 1 heterocycles. The molecule has 1 unspecified atom stereocenters. The van der Waals surface area contributed by atoms with Crippen LogP contribution in [0, 0.1) is 0 Å². The molecule has 5 heteroatoms. The lowest BCUT2D eigenvalue weighted by atomic mass is 10.1. The van der Waals surface area contributed by atoms with E-state index < -0.39 is 18.2 Å². The van der Waals surface area contributed by atoms with Crippen LogP contribution in [0.25, 0.3) is 0 Å². The van der Waals surface area contributed by atoms with E-state index >= 15 is 0 Å². The molecule has 72 valence electrons. The molecule has 1 atom stereocenters. The molecule has 0 aromatic carbocycles. The minimum atomic E-state index is -0.706. The van der Waals surface area contributed by atoms with Crippen LogP contribution in [0.1, 0.15) is 6.42 Å². The van der Waals surface area contributed by atoms with Crippen molar-refractivity contribution in [2.24, 2.45) is 0 Å². The average molecular weight is 186 g/mol. The van der Waals surface area contributed by atoms with Crippen LogP contribution < -0.4 is 0 Å². The molecule has 0 amide bonds. The summed E-state index contributed by atoms with van der Waals surface area (Å²) in [5, 5.41) is 0. The second-order valence-electron chi connectivity index (χ2n) is 2.60. The van der Waals surface area contributed by atoms with Crippen molar-refractivity contribution in [3.05, 3.63) is 12.2 Å². The molecule has 1 rings (SSSR count). The zero-order chi connectivity index (χ0) is 9.84. The van der Waals surface area contributed by atoms with Crippen molar-refractivity contribution < 1.29 is 23.8 Å². The highest BCUT2D eigenvalue weighted by Gasteiger charge is 2.26. The summed E-state index contributed by atoms with van der Waals surface area (Å²) in [5.41, 5.74) is 0.269. The standard InChI is InChI=1S/C8H10O5/c1-5(7(9)11-2)3-6-4-12-8(10)13-6/h6H,1,3-4H2,2H3. The molecule has 0 radical (unpaired) electrons. The van der Waals surface area contributed by atoms with E-state index in [0.717, 1.165) is 0 Å². The topological polar surface area (TPSA) is 61.8 Å². The van der Waals surface area contributed by atoms with Gasteiger partial charge < -0.3 is 14.2 Å². The maximum absolute atomic E-state index is 10.9. The fraction of sp³-hybridized carbons (Fsp3) is 0.500. The van der Waals surface area contributed by atoms with Gasteiger partial charge in [-0.1, -0.05) is 6.58 Å². The Morgan fingerprint density at radius 3 is 2.92 bits per heavy atom. The van der Waals surface area contributed by atoms with Crippen LogP contribution in [0.15, 0.2) is 12.2 Å². The van der Waals surface area contributed by atoms with E-state index in [1.54, 1.807) is 0 Å². The zero-order valence-electron chi connectivity index (χ0n) is 7.24. The van der Waals surface area contributed by atoms with Gasteiger partial charge in [0.1, 0.15) is 12.7 Å². The molecule has 1 saturated heterocycles. The number of rotatable bonds is 3. The monoisotopic (exact) mass is 186 g/mol. The van der Waals surface area contributed by atoms with Gasteiger partial charge >= 0.3 is 12.1 Å². The number of ether oxygens (including phenoxy) is 3. The summed E-state index contributed by atoms with van der Waals surface area (Å²) in [6, 6.07) is 0. The number of carbonyl (C=O) groups excluding carboxylic acids is 2. The first-order valence-corrected chi connectivity index (χ1v) is 3.73. The fourth-order valence-corrected chi connectivity index (χ4v) is 0.968. The summed E-state index contributed by atoms with van der Waals surface area (Å²) in [7, 11) is 1.27. The molecule has 5 nitrogen and oxygen atoms in total. The van der Waals surface area contributed by atoms with Crippen LogP contribution in [0.2, 0.25) is 0 Å². The first kappa shape index (κ1) is 9.57.